The third kappa shape index (κ3) is 2.51. The fraction of sp³-hybridized carbons (Fsp3) is 0.143. The van der Waals surface area contributed by atoms with Crippen molar-refractivity contribution in [3.8, 4) is 5.75 Å². The Morgan fingerprint density at radius 2 is 1.78 bits per heavy atom. The van der Waals surface area contributed by atoms with Crippen molar-refractivity contribution in [2.45, 2.75) is 0 Å². The normalized spacial score (nSPS) is 10.2. The fourth-order valence-electron chi connectivity index (χ4n) is 1.72. The Bertz CT molecular complexity index is 540. The zero-order valence-corrected chi connectivity index (χ0v) is 11.1. The van der Waals surface area contributed by atoms with Crippen LogP contribution in [-0.2, 0) is 0 Å². The van der Waals surface area contributed by atoms with Crippen LogP contribution in [0.4, 0.5) is 17.1 Å². The molecule has 0 aliphatic rings. The average molecular weight is 263 g/mol. The van der Waals surface area contributed by atoms with Gasteiger partial charge in [-0.25, -0.2) is 0 Å². The number of halogens is 1. The summed E-state index contributed by atoms with van der Waals surface area (Å²) < 4.78 is 5.13. The molecule has 0 aliphatic heterocycles. The number of nitrogen functional groups attached to an aromatic ring is 1. The molecule has 0 aromatic heterocycles. The molecule has 0 heterocycles. The molecule has 4 heteroatoms. The van der Waals surface area contributed by atoms with Crippen LogP contribution < -0.4 is 15.4 Å². The molecule has 2 N–H and O–H groups in total. The van der Waals surface area contributed by atoms with Gasteiger partial charge in [-0.1, -0.05) is 11.6 Å². The van der Waals surface area contributed by atoms with Gasteiger partial charge in [0.25, 0.3) is 0 Å². The number of benzene rings is 2. The van der Waals surface area contributed by atoms with Crippen LogP contribution in [0.25, 0.3) is 0 Å². The van der Waals surface area contributed by atoms with Crippen molar-refractivity contribution in [3.05, 3.63) is 47.5 Å². The summed E-state index contributed by atoms with van der Waals surface area (Å²) in [4.78, 5) is 2.00. The summed E-state index contributed by atoms with van der Waals surface area (Å²) in [7, 11) is 3.58. The molecule has 3 nitrogen and oxygen atoms in total. The highest BCUT2D eigenvalue weighted by Crippen LogP contribution is 2.33. The molecule has 2 aromatic rings. The molecule has 0 atom stereocenters. The highest BCUT2D eigenvalue weighted by atomic mass is 35.5. The Morgan fingerprint density at radius 1 is 1.11 bits per heavy atom. The van der Waals surface area contributed by atoms with Gasteiger partial charge in [-0.05, 0) is 36.4 Å². The zero-order chi connectivity index (χ0) is 13.1. The summed E-state index contributed by atoms with van der Waals surface area (Å²) in [6, 6.07) is 13.2. The number of methoxy groups -OCH3 is 1. The first-order chi connectivity index (χ1) is 8.61. The van der Waals surface area contributed by atoms with Crippen molar-refractivity contribution in [2.75, 3.05) is 24.8 Å². The molecule has 0 saturated heterocycles. The molecule has 0 bridgehead atoms. The van der Waals surface area contributed by atoms with E-state index in [1.165, 1.54) is 0 Å². The minimum atomic E-state index is 0.647. The lowest BCUT2D eigenvalue weighted by Gasteiger charge is -2.21. The number of ether oxygens (including phenoxy) is 1. The van der Waals surface area contributed by atoms with Gasteiger partial charge in [-0.3, -0.25) is 0 Å². The number of hydrogen-bond donors (Lipinski definition) is 1. The van der Waals surface area contributed by atoms with Crippen molar-refractivity contribution < 1.29 is 4.74 Å². The lowest BCUT2D eigenvalue weighted by Crippen LogP contribution is -2.09. The van der Waals surface area contributed by atoms with Crippen LogP contribution in [0, 0.1) is 0 Å². The van der Waals surface area contributed by atoms with Crippen molar-refractivity contribution in [3.63, 3.8) is 0 Å². The predicted molar refractivity (Wildman–Crippen MR) is 76.9 cm³/mol. The SMILES string of the molecule is COc1ccc(N(C)c2ccc(N)cc2)c(Cl)c1. The minimum absolute atomic E-state index is 0.647. The van der Waals surface area contributed by atoms with Crippen molar-refractivity contribution in [1.29, 1.82) is 0 Å². The highest BCUT2D eigenvalue weighted by Gasteiger charge is 2.09. The maximum absolute atomic E-state index is 6.24. The molecule has 0 amide bonds. The van der Waals surface area contributed by atoms with Gasteiger partial charge in [0.05, 0.1) is 17.8 Å². The van der Waals surface area contributed by atoms with Gasteiger partial charge in [0.15, 0.2) is 0 Å². The Balaban J connectivity index is 2.33. The molecule has 2 rings (SSSR count). The smallest absolute Gasteiger partial charge is 0.120 e. The van der Waals surface area contributed by atoms with Crippen molar-refractivity contribution >= 4 is 28.7 Å². The second-order valence-corrected chi connectivity index (χ2v) is 4.38. The molecule has 0 radical (unpaired) electrons. The summed E-state index contributed by atoms with van der Waals surface area (Å²) in [5.41, 5.74) is 8.36. The summed E-state index contributed by atoms with van der Waals surface area (Å²) >= 11 is 6.24. The molecule has 18 heavy (non-hydrogen) atoms. The first-order valence-corrected chi connectivity index (χ1v) is 5.92. The van der Waals surface area contributed by atoms with E-state index in [1.807, 2.05) is 48.3 Å². The van der Waals surface area contributed by atoms with Crippen LogP contribution in [0.2, 0.25) is 5.02 Å². The largest absolute Gasteiger partial charge is 0.497 e. The predicted octanol–water partition coefficient (Wildman–Crippen LogP) is 3.70. The third-order valence-electron chi connectivity index (χ3n) is 2.80. The van der Waals surface area contributed by atoms with Crippen LogP contribution >= 0.6 is 11.6 Å². The van der Waals surface area contributed by atoms with Gasteiger partial charge in [-0.2, -0.15) is 0 Å². The first-order valence-electron chi connectivity index (χ1n) is 5.54. The quantitative estimate of drug-likeness (QED) is 0.858. The number of nitrogens with zero attached hydrogens (tertiary/aromatic N) is 1. The van der Waals surface area contributed by atoms with Crippen molar-refractivity contribution in [2.24, 2.45) is 0 Å². The van der Waals surface area contributed by atoms with E-state index in [9.17, 15) is 0 Å². The Hall–Kier alpha value is -1.87. The average Bonchev–Trinajstić information content (AvgIpc) is 2.38. The molecule has 94 valence electrons. The maximum Gasteiger partial charge on any atom is 0.120 e. The van der Waals surface area contributed by atoms with E-state index in [4.69, 9.17) is 22.1 Å². The summed E-state index contributed by atoms with van der Waals surface area (Å²) in [5.74, 6) is 0.745. The molecule has 2 aromatic carbocycles. The summed E-state index contributed by atoms with van der Waals surface area (Å²) in [6.07, 6.45) is 0. The second kappa shape index (κ2) is 5.19. The van der Waals surface area contributed by atoms with E-state index in [-0.39, 0.29) is 0 Å². The van der Waals surface area contributed by atoms with Gasteiger partial charge in [0.1, 0.15) is 5.75 Å². The van der Waals surface area contributed by atoms with E-state index < -0.39 is 0 Å². The van der Waals surface area contributed by atoms with E-state index in [0.29, 0.717) is 5.02 Å². The second-order valence-electron chi connectivity index (χ2n) is 3.97. The number of nitrogens with two attached hydrogens (primary N) is 1. The Labute approximate surface area is 112 Å². The van der Waals surface area contributed by atoms with Crippen LogP contribution in [-0.4, -0.2) is 14.2 Å². The topological polar surface area (TPSA) is 38.5 Å². The van der Waals surface area contributed by atoms with Crippen LogP contribution in [0.15, 0.2) is 42.5 Å². The molecular weight excluding hydrogens is 248 g/mol. The molecule has 0 saturated carbocycles. The van der Waals surface area contributed by atoms with Gasteiger partial charge < -0.3 is 15.4 Å². The molecular formula is C14H15ClN2O. The lowest BCUT2D eigenvalue weighted by molar-refractivity contribution is 0.415. The van der Waals surface area contributed by atoms with Gasteiger partial charge >= 0.3 is 0 Å². The fourth-order valence-corrected chi connectivity index (χ4v) is 2.02. The third-order valence-corrected chi connectivity index (χ3v) is 3.10. The van der Waals surface area contributed by atoms with Crippen LogP contribution in [0.3, 0.4) is 0 Å². The lowest BCUT2D eigenvalue weighted by atomic mass is 10.2. The number of anilines is 3. The Kier molecular flexibility index (Phi) is 3.63. The van der Waals surface area contributed by atoms with Gasteiger partial charge in [-0.15, -0.1) is 0 Å². The summed E-state index contributed by atoms with van der Waals surface area (Å²) in [5, 5.41) is 0.647. The van der Waals surface area contributed by atoms with Gasteiger partial charge in [0.2, 0.25) is 0 Å². The van der Waals surface area contributed by atoms with Crippen LogP contribution in [0.1, 0.15) is 0 Å². The van der Waals surface area contributed by atoms with Crippen LogP contribution in [0.5, 0.6) is 5.75 Å². The number of rotatable bonds is 3. The van der Waals surface area contributed by atoms with E-state index in [2.05, 4.69) is 0 Å². The monoisotopic (exact) mass is 262 g/mol. The van der Waals surface area contributed by atoms with E-state index in [0.717, 1.165) is 22.8 Å². The standard InChI is InChI=1S/C14H15ClN2O/c1-17(11-5-3-10(16)4-6-11)14-8-7-12(18-2)9-13(14)15/h3-9H,16H2,1-2H3. The van der Waals surface area contributed by atoms with E-state index >= 15 is 0 Å². The zero-order valence-electron chi connectivity index (χ0n) is 10.4. The van der Waals surface area contributed by atoms with Gasteiger partial charge in [0, 0.05) is 24.5 Å². The van der Waals surface area contributed by atoms with E-state index in [1.54, 1.807) is 13.2 Å². The highest BCUT2D eigenvalue weighted by molar-refractivity contribution is 6.33. The molecule has 0 unspecified atom stereocenters. The number of hydrogen-bond acceptors (Lipinski definition) is 3. The Morgan fingerprint density at radius 3 is 2.33 bits per heavy atom. The first kappa shape index (κ1) is 12.6. The molecule has 0 spiro atoms. The summed E-state index contributed by atoms with van der Waals surface area (Å²) in [6.45, 7) is 0. The minimum Gasteiger partial charge on any atom is -0.497 e. The maximum atomic E-state index is 6.24. The molecule has 0 fully saturated rings. The van der Waals surface area contributed by atoms with Crippen molar-refractivity contribution in [1.82, 2.24) is 0 Å². The molecule has 0 aliphatic carbocycles.